The number of halogens is 1. The van der Waals surface area contributed by atoms with E-state index in [1.165, 1.54) is 22.2 Å². The van der Waals surface area contributed by atoms with Crippen molar-refractivity contribution in [3.05, 3.63) is 40.0 Å². The minimum atomic E-state index is -0.0353. The molecule has 5 heteroatoms. The predicted octanol–water partition coefficient (Wildman–Crippen LogP) is 3.59. The van der Waals surface area contributed by atoms with E-state index < -0.39 is 0 Å². The molecule has 1 aromatic heterocycles. The van der Waals surface area contributed by atoms with Gasteiger partial charge in [-0.3, -0.25) is 4.79 Å². The van der Waals surface area contributed by atoms with Crippen LogP contribution in [0, 0.1) is 5.92 Å². The fourth-order valence-electron chi connectivity index (χ4n) is 3.85. The molecule has 1 unspecified atom stereocenters. The van der Waals surface area contributed by atoms with Gasteiger partial charge in [-0.15, -0.1) is 0 Å². The number of carbonyl (C=O) groups excluding carboxylic acids is 1. The molecule has 1 atom stereocenters. The van der Waals surface area contributed by atoms with Gasteiger partial charge in [-0.25, -0.2) is 0 Å². The second-order valence-corrected chi connectivity index (χ2v) is 6.99. The Morgan fingerprint density at radius 1 is 1.39 bits per heavy atom. The molecule has 0 saturated carbocycles. The third kappa shape index (κ3) is 2.13. The van der Waals surface area contributed by atoms with Crippen LogP contribution in [-0.4, -0.2) is 40.3 Å². The maximum atomic E-state index is 12.7. The van der Waals surface area contributed by atoms with E-state index in [-0.39, 0.29) is 11.8 Å². The van der Waals surface area contributed by atoms with Crippen molar-refractivity contribution in [3.8, 4) is 0 Å². The summed E-state index contributed by atoms with van der Waals surface area (Å²) in [6, 6.07) is 6.35. The van der Waals surface area contributed by atoms with Crippen molar-refractivity contribution in [3.63, 3.8) is 0 Å². The molecular weight excluding hydrogens is 354 g/mol. The number of nitrogens with zero attached hydrogens (tertiary/aromatic N) is 2. The molecule has 0 aliphatic carbocycles. The molecular formula is C18H20BrN3O. The molecule has 1 amide bonds. The summed E-state index contributed by atoms with van der Waals surface area (Å²) in [5.74, 6) is 0.210. The lowest BCUT2D eigenvalue weighted by molar-refractivity contribution is -0.133. The highest BCUT2D eigenvalue weighted by atomic mass is 79.9. The number of H-pyrrole nitrogens is 1. The molecule has 2 aliphatic rings. The van der Waals surface area contributed by atoms with Crippen LogP contribution in [0.2, 0.25) is 0 Å². The lowest BCUT2D eigenvalue weighted by Crippen LogP contribution is -2.37. The number of hydrogen-bond acceptors (Lipinski definition) is 2. The van der Waals surface area contributed by atoms with Gasteiger partial charge in [-0.2, -0.15) is 0 Å². The standard InChI is InChI=1S/C18H20BrN3O/c1-3-21(4-2)18(23)11-8-15-12-6-5-7-14-16(12)13(17(19)20-14)10-22(15)9-11/h5-8,11,20H,3-4,9-10H2,1-2H3. The van der Waals surface area contributed by atoms with Crippen LogP contribution in [0.4, 0.5) is 0 Å². The Hall–Kier alpha value is -1.75. The smallest absolute Gasteiger partial charge is 0.231 e. The zero-order valence-electron chi connectivity index (χ0n) is 13.4. The SMILES string of the molecule is CCN(CC)C(=O)C1C=C2c3cccc4[nH]c(Br)c(c34)CN2C1. The van der Waals surface area contributed by atoms with E-state index in [1.807, 2.05) is 18.7 Å². The summed E-state index contributed by atoms with van der Waals surface area (Å²) in [7, 11) is 0. The number of fused-ring (bicyclic) bond motifs is 2. The number of rotatable bonds is 3. The van der Waals surface area contributed by atoms with Gasteiger partial charge in [0.2, 0.25) is 5.91 Å². The summed E-state index contributed by atoms with van der Waals surface area (Å²) in [4.78, 5) is 20.4. The van der Waals surface area contributed by atoms with Crippen molar-refractivity contribution in [2.24, 2.45) is 5.92 Å². The van der Waals surface area contributed by atoms with Gasteiger partial charge >= 0.3 is 0 Å². The molecule has 23 heavy (non-hydrogen) atoms. The van der Waals surface area contributed by atoms with Gasteiger partial charge in [0.15, 0.2) is 0 Å². The average Bonchev–Trinajstić information content (AvgIpc) is 3.12. The van der Waals surface area contributed by atoms with Gasteiger partial charge < -0.3 is 14.8 Å². The average molecular weight is 374 g/mol. The summed E-state index contributed by atoms with van der Waals surface area (Å²) in [5.41, 5.74) is 4.90. The molecule has 2 aromatic rings. The lowest BCUT2D eigenvalue weighted by Gasteiger charge is -2.29. The summed E-state index contributed by atoms with van der Waals surface area (Å²) < 4.78 is 1.05. The fraction of sp³-hybridized carbons (Fsp3) is 0.389. The summed E-state index contributed by atoms with van der Waals surface area (Å²) >= 11 is 3.65. The third-order valence-electron chi connectivity index (χ3n) is 5.01. The van der Waals surface area contributed by atoms with Crippen LogP contribution in [0.25, 0.3) is 16.6 Å². The molecule has 4 rings (SSSR count). The highest BCUT2D eigenvalue weighted by Crippen LogP contribution is 2.43. The Bertz CT molecular complexity index is 819. The first-order chi connectivity index (χ1) is 11.1. The first-order valence-electron chi connectivity index (χ1n) is 8.19. The molecule has 0 bridgehead atoms. The Balaban J connectivity index is 1.76. The largest absolute Gasteiger partial charge is 0.366 e. The highest BCUT2D eigenvalue weighted by molar-refractivity contribution is 9.10. The van der Waals surface area contributed by atoms with Crippen LogP contribution < -0.4 is 0 Å². The normalized spacial score (nSPS) is 19.0. The van der Waals surface area contributed by atoms with Crippen molar-refractivity contribution >= 4 is 38.4 Å². The van der Waals surface area contributed by atoms with E-state index in [2.05, 4.69) is 50.1 Å². The molecule has 0 spiro atoms. The maximum Gasteiger partial charge on any atom is 0.231 e. The molecule has 1 aromatic carbocycles. The van der Waals surface area contributed by atoms with Gasteiger partial charge in [-0.1, -0.05) is 12.1 Å². The van der Waals surface area contributed by atoms with E-state index in [4.69, 9.17) is 0 Å². The minimum Gasteiger partial charge on any atom is -0.366 e. The fourth-order valence-corrected chi connectivity index (χ4v) is 4.39. The van der Waals surface area contributed by atoms with Gasteiger partial charge in [0.1, 0.15) is 0 Å². The maximum absolute atomic E-state index is 12.7. The number of carbonyl (C=O) groups is 1. The number of nitrogens with one attached hydrogen (secondary N) is 1. The van der Waals surface area contributed by atoms with E-state index in [0.29, 0.717) is 0 Å². The summed E-state index contributed by atoms with van der Waals surface area (Å²) in [6.07, 6.45) is 2.17. The molecule has 2 aliphatic heterocycles. The van der Waals surface area contributed by atoms with Crippen LogP contribution >= 0.6 is 15.9 Å². The van der Waals surface area contributed by atoms with Gasteiger partial charge in [0.05, 0.1) is 10.5 Å². The van der Waals surface area contributed by atoms with Crippen molar-refractivity contribution in [2.45, 2.75) is 20.4 Å². The molecule has 120 valence electrons. The van der Waals surface area contributed by atoms with Crippen LogP contribution in [0.15, 0.2) is 28.9 Å². The zero-order valence-corrected chi connectivity index (χ0v) is 15.0. The van der Waals surface area contributed by atoms with E-state index in [9.17, 15) is 4.79 Å². The second kappa shape index (κ2) is 5.41. The summed E-state index contributed by atoms with van der Waals surface area (Å²) in [6.45, 7) is 7.26. The number of aromatic amines is 1. The number of hydrogen-bond donors (Lipinski definition) is 1. The topological polar surface area (TPSA) is 39.3 Å². The zero-order chi connectivity index (χ0) is 16.1. The second-order valence-electron chi connectivity index (χ2n) is 6.20. The molecule has 4 nitrogen and oxygen atoms in total. The first-order valence-corrected chi connectivity index (χ1v) is 8.98. The molecule has 0 radical (unpaired) electrons. The molecule has 0 saturated heterocycles. The van der Waals surface area contributed by atoms with Gasteiger partial charge in [0.25, 0.3) is 0 Å². The number of aromatic nitrogens is 1. The third-order valence-corrected chi connectivity index (χ3v) is 5.69. The van der Waals surface area contributed by atoms with Crippen molar-refractivity contribution in [1.82, 2.24) is 14.8 Å². The highest BCUT2D eigenvalue weighted by Gasteiger charge is 2.35. The van der Waals surface area contributed by atoms with Crippen molar-refractivity contribution < 1.29 is 4.79 Å². The predicted molar refractivity (Wildman–Crippen MR) is 95.8 cm³/mol. The lowest BCUT2D eigenvalue weighted by atomic mass is 9.99. The minimum absolute atomic E-state index is 0.0353. The van der Waals surface area contributed by atoms with Crippen LogP contribution in [0.5, 0.6) is 0 Å². The molecule has 0 fully saturated rings. The Kier molecular flexibility index (Phi) is 3.48. The van der Waals surface area contributed by atoms with E-state index in [1.54, 1.807) is 0 Å². The monoisotopic (exact) mass is 373 g/mol. The van der Waals surface area contributed by atoms with Gasteiger partial charge in [0, 0.05) is 53.9 Å². The number of amides is 1. The first kappa shape index (κ1) is 14.8. The Morgan fingerprint density at radius 3 is 2.91 bits per heavy atom. The van der Waals surface area contributed by atoms with E-state index >= 15 is 0 Å². The van der Waals surface area contributed by atoms with E-state index in [0.717, 1.165) is 36.3 Å². The molecule has 1 N–H and O–H groups in total. The van der Waals surface area contributed by atoms with Crippen LogP contribution in [0.1, 0.15) is 25.0 Å². The van der Waals surface area contributed by atoms with Crippen LogP contribution in [0.3, 0.4) is 0 Å². The quantitative estimate of drug-likeness (QED) is 0.892. The number of benzene rings is 1. The van der Waals surface area contributed by atoms with Crippen molar-refractivity contribution in [2.75, 3.05) is 19.6 Å². The Morgan fingerprint density at radius 2 is 2.17 bits per heavy atom. The Labute approximate surface area is 144 Å². The van der Waals surface area contributed by atoms with Crippen LogP contribution in [-0.2, 0) is 11.3 Å². The molecule has 3 heterocycles. The van der Waals surface area contributed by atoms with Gasteiger partial charge in [-0.05, 0) is 41.9 Å². The van der Waals surface area contributed by atoms with Crippen molar-refractivity contribution in [1.29, 1.82) is 0 Å². The summed E-state index contributed by atoms with van der Waals surface area (Å²) in [5, 5.41) is 1.29.